The zero-order chi connectivity index (χ0) is 18.3. The maximum atomic E-state index is 13.1. The Kier molecular flexibility index (Phi) is 4.95. The number of nitrogens with zero attached hydrogens (tertiary/aromatic N) is 2. The number of hydrogen-bond donors (Lipinski definition) is 2. The molecule has 3 saturated heterocycles. The molecular formula is C16H23N3O5S. The van der Waals surface area contributed by atoms with Crippen molar-refractivity contribution in [1.29, 1.82) is 0 Å². The van der Waals surface area contributed by atoms with Gasteiger partial charge in [-0.2, -0.15) is 11.8 Å². The first-order chi connectivity index (χ1) is 11.8. The molecule has 138 valence electrons. The molecule has 3 fully saturated rings. The van der Waals surface area contributed by atoms with Crippen LogP contribution in [-0.2, 0) is 19.2 Å². The van der Waals surface area contributed by atoms with Crippen LogP contribution in [0.1, 0.15) is 33.1 Å². The molecular weight excluding hydrogens is 346 g/mol. The fourth-order valence-corrected chi connectivity index (χ4v) is 5.33. The topological polar surface area (TPSA) is 107 Å². The van der Waals surface area contributed by atoms with Gasteiger partial charge in [-0.25, -0.2) is 0 Å². The van der Waals surface area contributed by atoms with Crippen molar-refractivity contribution in [2.45, 2.75) is 62.5 Å². The third-order valence-electron chi connectivity index (χ3n) is 5.27. The highest BCUT2D eigenvalue weighted by Crippen LogP contribution is 2.37. The number of amides is 3. The van der Waals surface area contributed by atoms with E-state index in [4.69, 9.17) is 5.11 Å². The van der Waals surface area contributed by atoms with Crippen LogP contribution in [0.15, 0.2) is 0 Å². The first kappa shape index (κ1) is 18.0. The van der Waals surface area contributed by atoms with Crippen LogP contribution < -0.4 is 5.32 Å². The Hall–Kier alpha value is -1.77. The SMILES string of the molecule is CC(=O)N1C[C@@H]2C[C@H]1C(=O)N1[C@@H](CC[C@H]1C(=O)N[C@@H](C)C(=O)O)CS2. The molecule has 0 radical (unpaired) electrons. The Morgan fingerprint density at radius 3 is 2.68 bits per heavy atom. The summed E-state index contributed by atoms with van der Waals surface area (Å²) in [7, 11) is 0. The molecule has 0 aromatic heterocycles. The fourth-order valence-electron chi connectivity index (χ4n) is 3.93. The van der Waals surface area contributed by atoms with E-state index in [1.165, 1.54) is 13.8 Å². The highest BCUT2D eigenvalue weighted by atomic mass is 32.2. The number of rotatable bonds is 3. The quantitative estimate of drug-likeness (QED) is 0.706. The lowest BCUT2D eigenvalue weighted by Crippen LogP contribution is -2.56. The predicted molar refractivity (Wildman–Crippen MR) is 90.9 cm³/mol. The first-order valence-corrected chi connectivity index (χ1v) is 9.58. The lowest BCUT2D eigenvalue weighted by atomic mass is 10.1. The molecule has 0 unspecified atom stereocenters. The molecule has 3 rings (SSSR count). The van der Waals surface area contributed by atoms with E-state index >= 15 is 0 Å². The van der Waals surface area contributed by atoms with Gasteiger partial charge in [0.2, 0.25) is 17.7 Å². The van der Waals surface area contributed by atoms with Crippen LogP contribution in [0.5, 0.6) is 0 Å². The summed E-state index contributed by atoms with van der Waals surface area (Å²) in [4.78, 5) is 51.7. The molecule has 0 aromatic rings. The Morgan fingerprint density at radius 1 is 1.32 bits per heavy atom. The lowest BCUT2D eigenvalue weighted by molar-refractivity contribution is -0.148. The van der Waals surface area contributed by atoms with E-state index in [-0.39, 0.29) is 23.1 Å². The zero-order valence-corrected chi connectivity index (χ0v) is 15.1. The summed E-state index contributed by atoms with van der Waals surface area (Å²) < 4.78 is 0. The highest BCUT2D eigenvalue weighted by Gasteiger charge is 2.49. The molecule has 8 nitrogen and oxygen atoms in total. The summed E-state index contributed by atoms with van der Waals surface area (Å²) in [5, 5.41) is 11.7. The summed E-state index contributed by atoms with van der Waals surface area (Å²) in [5.74, 6) is -1.10. The van der Waals surface area contributed by atoms with Crippen molar-refractivity contribution in [3.63, 3.8) is 0 Å². The fraction of sp³-hybridized carbons (Fsp3) is 0.750. The van der Waals surface area contributed by atoms with E-state index in [0.29, 0.717) is 19.4 Å². The molecule has 3 amide bonds. The number of thioether (sulfide) groups is 1. The van der Waals surface area contributed by atoms with Gasteiger partial charge in [0.15, 0.2) is 0 Å². The molecule has 3 aliphatic heterocycles. The number of carboxylic acids is 1. The van der Waals surface area contributed by atoms with Crippen molar-refractivity contribution < 1.29 is 24.3 Å². The summed E-state index contributed by atoms with van der Waals surface area (Å²) in [6, 6.07) is -2.21. The Morgan fingerprint density at radius 2 is 2.04 bits per heavy atom. The van der Waals surface area contributed by atoms with E-state index in [0.717, 1.165) is 12.2 Å². The van der Waals surface area contributed by atoms with Gasteiger partial charge in [0, 0.05) is 30.5 Å². The van der Waals surface area contributed by atoms with Crippen molar-refractivity contribution in [1.82, 2.24) is 15.1 Å². The van der Waals surface area contributed by atoms with E-state index in [1.807, 2.05) is 0 Å². The number of nitrogens with one attached hydrogen (secondary N) is 1. The smallest absolute Gasteiger partial charge is 0.325 e. The third-order valence-corrected chi connectivity index (χ3v) is 6.66. The second-order valence-electron chi connectivity index (χ2n) is 6.94. The number of carbonyl (C=O) groups excluding carboxylic acids is 3. The van der Waals surface area contributed by atoms with Crippen LogP contribution in [0.25, 0.3) is 0 Å². The number of likely N-dealkylation sites (tertiary alicyclic amines) is 1. The van der Waals surface area contributed by atoms with Crippen LogP contribution in [-0.4, -0.2) is 80.3 Å². The summed E-state index contributed by atoms with van der Waals surface area (Å²) in [5.41, 5.74) is 0. The van der Waals surface area contributed by atoms with Crippen molar-refractivity contribution in [2.24, 2.45) is 0 Å². The normalized spacial score (nSPS) is 32.6. The third kappa shape index (κ3) is 3.33. The molecule has 0 spiro atoms. The molecule has 0 aromatic carbocycles. The lowest BCUT2D eigenvalue weighted by Gasteiger charge is -2.35. The van der Waals surface area contributed by atoms with Gasteiger partial charge in [0.25, 0.3) is 0 Å². The largest absolute Gasteiger partial charge is 0.480 e. The Bertz CT molecular complexity index is 613. The van der Waals surface area contributed by atoms with E-state index in [1.54, 1.807) is 21.6 Å². The number of aliphatic carboxylic acids is 1. The molecule has 2 bridgehead atoms. The summed E-state index contributed by atoms with van der Waals surface area (Å²) in [6.07, 6.45) is 1.86. The number of fused-ring (bicyclic) bond motifs is 3. The number of hydrogen-bond acceptors (Lipinski definition) is 5. The molecule has 0 saturated carbocycles. The van der Waals surface area contributed by atoms with Crippen LogP contribution >= 0.6 is 11.8 Å². The highest BCUT2D eigenvalue weighted by molar-refractivity contribution is 8.00. The second-order valence-corrected chi connectivity index (χ2v) is 8.27. The number of carbonyl (C=O) groups is 4. The average Bonchev–Trinajstić information content (AvgIpc) is 3.15. The molecule has 3 aliphatic rings. The molecule has 9 heteroatoms. The van der Waals surface area contributed by atoms with Gasteiger partial charge in [-0.05, 0) is 26.2 Å². The van der Waals surface area contributed by atoms with Gasteiger partial charge in [-0.1, -0.05) is 0 Å². The van der Waals surface area contributed by atoms with Crippen LogP contribution in [0, 0.1) is 0 Å². The average molecular weight is 369 g/mol. The minimum atomic E-state index is -1.11. The molecule has 5 atom stereocenters. The monoisotopic (exact) mass is 369 g/mol. The molecule has 3 heterocycles. The predicted octanol–water partition coefficient (Wildman–Crippen LogP) is -0.328. The maximum absolute atomic E-state index is 13.1. The minimum absolute atomic E-state index is 0.0365. The molecule has 2 N–H and O–H groups in total. The number of carboxylic acid groups (broad SMARTS) is 1. The van der Waals surface area contributed by atoms with Gasteiger partial charge in [-0.15, -0.1) is 0 Å². The maximum Gasteiger partial charge on any atom is 0.325 e. The molecule has 25 heavy (non-hydrogen) atoms. The van der Waals surface area contributed by atoms with Crippen molar-refractivity contribution in [3.05, 3.63) is 0 Å². The van der Waals surface area contributed by atoms with E-state index < -0.39 is 30.0 Å². The van der Waals surface area contributed by atoms with E-state index in [2.05, 4.69) is 5.32 Å². The zero-order valence-electron chi connectivity index (χ0n) is 14.3. The van der Waals surface area contributed by atoms with Gasteiger partial charge < -0.3 is 20.2 Å². The summed E-state index contributed by atoms with van der Waals surface area (Å²) in [6.45, 7) is 3.44. The van der Waals surface area contributed by atoms with E-state index in [9.17, 15) is 19.2 Å². The van der Waals surface area contributed by atoms with Crippen molar-refractivity contribution >= 4 is 35.5 Å². The standard InChI is InChI=1S/C16H23N3O5S/c1-8(16(23)24)17-14(21)12-4-3-10-7-25-11-5-13(15(22)19(10)12)18(6-11)9(2)20/h8,10-13H,3-7H2,1-2H3,(H,17,21)(H,23,24)/t8-,10-,11-,12-,13-/m0/s1. The van der Waals surface area contributed by atoms with Crippen molar-refractivity contribution in [2.75, 3.05) is 12.3 Å². The minimum Gasteiger partial charge on any atom is -0.480 e. The summed E-state index contributed by atoms with van der Waals surface area (Å²) >= 11 is 1.76. The van der Waals surface area contributed by atoms with Gasteiger partial charge >= 0.3 is 5.97 Å². The van der Waals surface area contributed by atoms with Crippen LogP contribution in [0.3, 0.4) is 0 Å². The van der Waals surface area contributed by atoms with Crippen molar-refractivity contribution in [3.8, 4) is 0 Å². The Balaban J connectivity index is 1.81. The van der Waals surface area contributed by atoms with Gasteiger partial charge in [-0.3, -0.25) is 19.2 Å². The van der Waals surface area contributed by atoms with Gasteiger partial charge in [0.05, 0.1) is 0 Å². The first-order valence-electron chi connectivity index (χ1n) is 8.53. The Labute approximate surface area is 150 Å². The second kappa shape index (κ2) is 6.86. The molecule has 0 aliphatic carbocycles. The van der Waals surface area contributed by atoms with Crippen LogP contribution in [0.2, 0.25) is 0 Å². The van der Waals surface area contributed by atoms with Gasteiger partial charge in [0.1, 0.15) is 18.1 Å². The van der Waals surface area contributed by atoms with Crippen LogP contribution in [0.4, 0.5) is 0 Å².